The van der Waals surface area contributed by atoms with Crippen molar-refractivity contribution in [2.24, 2.45) is 5.92 Å². The Morgan fingerprint density at radius 1 is 1.27 bits per heavy atom. The summed E-state index contributed by atoms with van der Waals surface area (Å²) in [4.78, 5) is 22.2. The minimum atomic E-state index is -0.669. The summed E-state index contributed by atoms with van der Waals surface area (Å²) in [6.45, 7) is 3.66. The lowest BCUT2D eigenvalue weighted by Gasteiger charge is -2.15. The van der Waals surface area contributed by atoms with Gasteiger partial charge in [-0.05, 0) is 18.1 Å². The summed E-state index contributed by atoms with van der Waals surface area (Å²) >= 11 is 0. The van der Waals surface area contributed by atoms with E-state index >= 15 is 0 Å². The molecule has 1 aromatic rings. The molecule has 15 heavy (non-hydrogen) atoms. The highest BCUT2D eigenvalue weighted by atomic mass is 16.5. The molecule has 0 aliphatic heterocycles. The minimum absolute atomic E-state index is 0.00448. The summed E-state index contributed by atoms with van der Waals surface area (Å²) in [5, 5.41) is 0. The Kier molecular flexibility index (Phi) is 4.03. The maximum absolute atomic E-state index is 11.5. The lowest BCUT2D eigenvalue weighted by atomic mass is 10.1. The smallest absolute Gasteiger partial charge is 0.338 e. The minimum Gasteiger partial charge on any atom is -0.451 e. The second-order valence-electron chi connectivity index (χ2n) is 3.62. The van der Waals surface area contributed by atoms with E-state index in [0.717, 1.165) is 0 Å². The lowest BCUT2D eigenvalue weighted by Crippen LogP contribution is -2.24. The molecule has 0 N–H and O–H groups in total. The Balaban J connectivity index is 2.67. The average Bonchev–Trinajstić information content (AvgIpc) is 2.26. The van der Waals surface area contributed by atoms with E-state index in [2.05, 4.69) is 0 Å². The van der Waals surface area contributed by atoms with Crippen LogP contribution in [0.4, 0.5) is 0 Å². The number of hydrogen-bond acceptors (Lipinski definition) is 3. The van der Waals surface area contributed by atoms with Crippen LogP contribution in [0.1, 0.15) is 24.2 Å². The first kappa shape index (κ1) is 11.4. The Morgan fingerprint density at radius 3 is 2.33 bits per heavy atom. The number of rotatable bonds is 4. The first-order chi connectivity index (χ1) is 7.15. The molecule has 0 aliphatic rings. The quantitative estimate of drug-likeness (QED) is 0.559. The van der Waals surface area contributed by atoms with Gasteiger partial charge in [0.05, 0.1) is 5.56 Å². The van der Waals surface area contributed by atoms with Gasteiger partial charge in [0.15, 0.2) is 12.4 Å². The Hall–Kier alpha value is -1.64. The van der Waals surface area contributed by atoms with Crippen LogP contribution in [0.2, 0.25) is 0 Å². The number of esters is 1. The monoisotopic (exact) mass is 206 g/mol. The number of carbonyl (C=O) groups excluding carboxylic acids is 2. The highest BCUT2D eigenvalue weighted by Gasteiger charge is 2.17. The van der Waals surface area contributed by atoms with Gasteiger partial charge in [0, 0.05) is 0 Å². The molecule has 0 fully saturated rings. The SMILES string of the molecule is CC(C)C(C=O)OC(=O)c1ccccc1. The highest BCUT2D eigenvalue weighted by molar-refractivity contribution is 5.90. The van der Waals surface area contributed by atoms with Gasteiger partial charge < -0.3 is 4.74 Å². The van der Waals surface area contributed by atoms with Crippen LogP contribution in [0.15, 0.2) is 30.3 Å². The molecule has 0 aromatic heterocycles. The molecule has 0 heterocycles. The fraction of sp³-hybridized carbons (Fsp3) is 0.333. The third-order valence-electron chi connectivity index (χ3n) is 2.04. The molecule has 3 heteroatoms. The molecule has 80 valence electrons. The van der Waals surface area contributed by atoms with Crippen LogP contribution in [0.5, 0.6) is 0 Å². The largest absolute Gasteiger partial charge is 0.451 e. The van der Waals surface area contributed by atoms with Crippen molar-refractivity contribution in [2.75, 3.05) is 0 Å². The first-order valence-electron chi connectivity index (χ1n) is 4.86. The third-order valence-corrected chi connectivity index (χ3v) is 2.04. The van der Waals surface area contributed by atoms with Gasteiger partial charge in [-0.3, -0.25) is 4.79 Å². The van der Waals surface area contributed by atoms with E-state index in [1.807, 2.05) is 19.9 Å². The van der Waals surface area contributed by atoms with Crippen molar-refractivity contribution in [1.29, 1.82) is 0 Å². The van der Waals surface area contributed by atoms with E-state index in [0.29, 0.717) is 11.8 Å². The number of benzene rings is 1. The number of hydrogen-bond donors (Lipinski definition) is 0. The molecule has 0 bridgehead atoms. The molecular weight excluding hydrogens is 192 g/mol. The van der Waals surface area contributed by atoms with Crippen molar-refractivity contribution in [3.05, 3.63) is 35.9 Å². The van der Waals surface area contributed by atoms with Crippen LogP contribution in [-0.2, 0) is 9.53 Å². The van der Waals surface area contributed by atoms with Gasteiger partial charge in [-0.2, -0.15) is 0 Å². The van der Waals surface area contributed by atoms with Gasteiger partial charge in [-0.25, -0.2) is 4.79 Å². The van der Waals surface area contributed by atoms with Crippen LogP contribution < -0.4 is 0 Å². The molecular formula is C12H14O3. The standard InChI is InChI=1S/C12H14O3/c1-9(2)11(8-13)15-12(14)10-6-4-3-5-7-10/h3-9,11H,1-2H3. The molecule has 1 atom stereocenters. The van der Waals surface area contributed by atoms with Gasteiger partial charge in [0.2, 0.25) is 0 Å². The summed E-state index contributed by atoms with van der Waals surface area (Å²) in [5.41, 5.74) is 0.463. The number of ether oxygens (including phenoxy) is 1. The van der Waals surface area contributed by atoms with Crippen molar-refractivity contribution in [3.8, 4) is 0 Å². The van der Waals surface area contributed by atoms with E-state index in [4.69, 9.17) is 4.74 Å². The van der Waals surface area contributed by atoms with E-state index in [9.17, 15) is 9.59 Å². The van der Waals surface area contributed by atoms with E-state index in [1.165, 1.54) is 0 Å². The van der Waals surface area contributed by atoms with Crippen molar-refractivity contribution in [3.63, 3.8) is 0 Å². The van der Waals surface area contributed by atoms with Crippen molar-refractivity contribution in [1.82, 2.24) is 0 Å². The predicted molar refractivity (Wildman–Crippen MR) is 56.5 cm³/mol. The van der Waals surface area contributed by atoms with Crippen LogP contribution >= 0.6 is 0 Å². The molecule has 0 aliphatic carbocycles. The van der Waals surface area contributed by atoms with Crippen molar-refractivity contribution < 1.29 is 14.3 Å². The lowest BCUT2D eigenvalue weighted by molar-refractivity contribution is -0.117. The summed E-state index contributed by atoms with van der Waals surface area (Å²) in [6, 6.07) is 8.63. The fourth-order valence-corrected chi connectivity index (χ4v) is 1.09. The third kappa shape index (κ3) is 3.20. The fourth-order valence-electron chi connectivity index (χ4n) is 1.09. The van der Waals surface area contributed by atoms with Gasteiger partial charge >= 0.3 is 5.97 Å². The second-order valence-corrected chi connectivity index (χ2v) is 3.62. The van der Waals surface area contributed by atoms with Gasteiger partial charge in [0.25, 0.3) is 0 Å². The Bertz CT molecular complexity index is 330. The molecule has 1 rings (SSSR count). The zero-order chi connectivity index (χ0) is 11.3. The van der Waals surface area contributed by atoms with E-state index in [-0.39, 0.29) is 5.92 Å². The van der Waals surface area contributed by atoms with Gasteiger partial charge in [0.1, 0.15) is 0 Å². The molecule has 3 nitrogen and oxygen atoms in total. The van der Waals surface area contributed by atoms with Crippen LogP contribution in [0, 0.1) is 5.92 Å². The first-order valence-corrected chi connectivity index (χ1v) is 4.86. The molecule has 0 saturated carbocycles. The van der Waals surface area contributed by atoms with Crippen molar-refractivity contribution in [2.45, 2.75) is 20.0 Å². The molecule has 0 saturated heterocycles. The average molecular weight is 206 g/mol. The zero-order valence-electron chi connectivity index (χ0n) is 8.84. The molecule has 1 aromatic carbocycles. The topological polar surface area (TPSA) is 43.4 Å². The van der Waals surface area contributed by atoms with E-state index in [1.54, 1.807) is 24.3 Å². The second kappa shape index (κ2) is 5.29. The molecule has 0 radical (unpaired) electrons. The highest BCUT2D eigenvalue weighted by Crippen LogP contribution is 2.08. The van der Waals surface area contributed by atoms with Crippen LogP contribution in [-0.4, -0.2) is 18.4 Å². The molecule has 1 unspecified atom stereocenters. The van der Waals surface area contributed by atoms with Crippen LogP contribution in [0.3, 0.4) is 0 Å². The zero-order valence-corrected chi connectivity index (χ0v) is 8.84. The summed E-state index contributed by atoms with van der Waals surface area (Å²) in [7, 11) is 0. The normalized spacial score (nSPS) is 12.2. The Morgan fingerprint density at radius 2 is 1.87 bits per heavy atom. The van der Waals surface area contributed by atoms with Crippen molar-refractivity contribution >= 4 is 12.3 Å². The number of aldehydes is 1. The maximum atomic E-state index is 11.5. The number of carbonyl (C=O) groups is 2. The van der Waals surface area contributed by atoms with Crippen LogP contribution in [0.25, 0.3) is 0 Å². The summed E-state index contributed by atoms with van der Waals surface area (Å²) < 4.78 is 5.04. The molecule has 0 amide bonds. The summed E-state index contributed by atoms with van der Waals surface area (Å²) in [5.74, 6) is -0.462. The Labute approximate surface area is 89.1 Å². The summed E-state index contributed by atoms with van der Waals surface area (Å²) in [6.07, 6.45) is -0.0105. The van der Waals surface area contributed by atoms with E-state index < -0.39 is 12.1 Å². The molecule has 0 spiro atoms. The van der Waals surface area contributed by atoms with Gasteiger partial charge in [-0.1, -0.05) is 32.0 Å². The predicted octanol–water partition coefficient (Wildman–Crippen LogP) is 2.07. The van der Waals surface area contributed by atoms with Gasteiger partial charge in [-0.15, -0.1) is 0 Å². The maximum Gasteiger partial charge on any atom is 0.338 e.